The Morgan fingerprint density at radius 1 is 1.14 bits per heavy atom. The number of anilines is 1. The molecule has 1 amide bonds. The molecule has 112 valence electrons. The number of amides is 1. The summed E-state index contributed by atoms with van der Waals surface area (Å²) in [5.41, 5.74) is 2.30. The molecule has 0 spiro atoms. The van der Waals surface area contributed by atoms with E-state index in [1.165, 1.54) is 0 Å². The lowest BCUT2D eigenvalue weighted by atomic mass is 10.1. The van der Waals surface area contributed by atoms with Crippen molar-refractivity contribution in [1.29, 1.82) is 0 Å². The molecule has 0 bridgehead atoms. The molecular weight excluding hydrogens is 282 g/mol. The van der Waals surface area contributed by atoms with Gasteiger partial charge in [0.25, 0.3) is 5.91 Å². The van der Waals surface area contributed by atoms with E-state index in [0.717, 1.165) is 11.1 Å². The van der Waals surface area contributed by atoms with Crippen LogP contribution in [0.25, 0.3) is 0 Å². The fraction of sp³-hybridized carbons (Fsp3) is 0.176. The molecule has 0 radical (unpaired) electrons. The molecule has 0 atom stereocenters. The third-order valence-corrected chi connectivity index (χ3v) is 3.27. The number of fused-ring (bicyclic) bond motifs is 1. The van der Waals surface area contributed by atoms with Crippen LogP contribution in [0.5, 0.6) is 5.75 Å². The lowest BCUT2D eigenvalue weighted by Crippen LogP contribution is -2.25. The molecule has 0 aromatic heterocycles. The number of carbonyl (C=O) groups is 2. The van der Waals surface area contributed by atoms with Gasteiger partial charge in [0.2, 0.25) is 0 Å². The molecule has 2 aromatic rings. The van der Waals surface area contributed by atoms with E-state index in [1.54, 1.807) is 18.2 Å². The smallest absolute Gasteiger partial charge is 0.310 e. The summed E-state index contributed by atoms with van der Waals surface area (Å²) >= 11 is 0. The minimum atomic E-state index is -0.313. The fourth-order valence-corrected chi connectivity index (χ4v) is 2.20. The molecule has 1 N–H and O–H groups in total. The lowest BCUT2D eigenvalue weighted by molar-refractivity contribution is -0.144. The van der Waals surface area contributed by atoms with Gasteiger partial charge in [-0.15, -0.1) is 0 Å². The van der Waals surface area contributed by atoms with Crippen LogP contribution in [0, 0.1) is 0 Å². The Morgan fingerprint density at radius 3 is 2.77 bits per heavy atom. The summed E-state index contributed by atoms with van der Waals surface area (Å²) in [4.78, 5) is 23.2. The van der Waals surface area contributed by atoms with E-state index in [2.05, 4.69) is 5.32 Å². The Balaban J connectivity index is 1.60. The number of rotatable bonds is 4. The van der Waals surface area contributed by atoms with Gasteiger partial charge in [-0.3, -0.25) is 9.59 Å². The number of hydrogen-bond acceptors (Lipinski definition) is 4. The Labute approximate surface area is 127 Å². The molecular formula is C17H15NO4. The maximum absolute atomic E-state index is 11.9. The number of carbonyl (C=O) groups excluding carboxylic acids is 2. The molecule has 22 heavy (non-hydrogen) atoms. The summed E-state index contributed by atoms with van der Waals surface area (Å²) in [5, 5.41) is 2.72. The predicted octanol–water partition coefficient (Wildman–Crippen LogP) is 2.30. The highest BCUT2D eigenvalue weighted by atomic mass is 16.5. The first-order valence-corrected chi connectivity index (χ1v) is 6.96. The van der Waals surface area contributed by atoms with Crippen LogP contribution in [-0.2, 0) is 27.4 Å². The first-order valence-electron chi connectivity index (χ1n) is 6.96. The largest absolute Gasteiger partial charge is 0.482 e. The molecule has 2 aromatic carbocycles. The maximum atomic E-state index is 11.9. The van der Waals surface area contributed by atoms with Crippen molar-refractivity contribution in [3.63, 3.8) is 0 Å². The number of nitrogens with one attached hydrogen (secondary N) is 1. The summed E-state index contributed by atoms with van der Waals surface area (Å²) in [6.07, 6.45) is 0.149. The third-order valence-electron chi connectivity index (χ3n) is 3.27. The van der Waals surface area contributed by atoms with Gasteiger partial charge in [-0.2, -0.15) is 0 Å². The van der Waals surface area contributed by atoms with E-state index in [4.69, 9.17) is 9.47 Å². The molecule has 0 saturated heterocycles. The second-order valence-electron chi connectivity index (χ2n) is 4.99. The van der Waals surface area contributed by atoms with Crippen molar-refractivity contribution >= 4 is 17.6 Å². The van der Waals surface area contributed by atoms with Crippen molar-refractivity contribution in [2.45, 2.75) is 13.0 Å². The number of esters is 1. The highest BCUT2D eigenvalue weighted by molar-refractivity contribution is 5.95. The van der Waals surface area contributed by atoms with Crippen molar-refractivity contribution in [2.24, 2.45) is 0 Å². The van der Waals surface area contributed by atoms with Crippen molar-refractivity contribution in [3.05, 3.63) is 59.7 Å². The van der Waals surface area contributed by atoms with Crippen molar-refractivity contribution in [3.8, 4) is 5.75 Å². The van der Waals surface area contributed by atoms with Gasteiger partial charge in [0, 0.05) is 0 Å². The lowest BCUT2D eigenvalue weighted by Gasteiger charge is -2.18. The summed E-state index contributed by atoms with van der Waals surface area (Å²) < 4.78 is 10.5. The van der Waals surface area contributed by atoms with E-state index in [-0.39, 0.29) is 31.5 Å². The Hall–Kier alpha value is -2.82. The minimum absolute atomic E-state index is 0.0193. The molecule has 1 aliphatic rings. The quantitative estimate of drug-likeness (QED) is 0.880. The molecule has 0 aliphatic carbocycles. The normalized spacial score (nSPS) is 12.8. The number of hydrogen-bond donors (Lipinski definition) is 1. The molecule has 5 nitrogen and oxygen atoms in total. The Morgan fingerprint density at radius 2 is 1.95 bits per heavy atom. The van der Waals surface area contributed by atoms with Gasteiger partial charge in [-0.1, -0.05) is 36.4 Å². The molecule has 5 heteroatoms. The SMILES string of the molecule is O=C1COc2ccc(CC(=O)OCc3ccccc3)cc2N1. The van der Waals surface area contributed by atoms with Gasteiger partial charge in [0.05, 0.1) is 12.1 Å². The second-order valence-corrected chi connectivity index (χ2v) is 4.99. The van der Waals surface area contributed by atoms with E-state index in [1.807, 2.05) is 30.3 Å². The average molecular weight is 297 g/mol. The predicted molar refractivity (Wildman–Crippen MR) is 80.5 cm³/mol. The summed E-state index contributed by atoms with van der Waals surface area (Å²) in [6, 6.07) is 14.8. The summed E-state index contributed by atoms with van der Waals surface area (Å²) in [6.45, 7) is 0.274. The van der Waals surface area contributed by atoms with E-state index in [9.17, 15) is 9.59 Å². The van der Waals surface area contributed by atoms with Gasteiger partial charge in [0.1, 0.15) is 12.4 Å². The van der Waals surface area contributed by atoms with Gasteiger partial charge in [-0.05, 0) is 23.3 Å². The fourth-order valence-electron chi connectivity index (χ4n) is 2.20. The van der Waals surface area contributed by atoms with Gasteiger partial charge in [0.15, 0.2) is 6.61 Å². The monoisotopic (exact) mass is 297 g/mol. The summed E-state index contributed by atoms with van der Waals surface area (Å²) in [5.74, 6) is 0.101. The third kappa shape index (κ3) is 3.44. The highest BCUT2D eigenvalue weighted by Crippen LogP contribution is 2.28. The highest BCUT2D eigenvalue weighted by Gasteiger charge is 2.16. The molecule has 0 saturated carbocycles. The van der Waals surface area contributed by atoms with Crippen LogP contribution in [0.4, 0.5) is 5.69 Å². The molecule has 1 aliphatic heterocycles. The van der Waals surface area contributed by atoms with Crippen molar-refractivity contribution < 1.29 is 19.1 Å². The van der Waals surface area contributed by atoms with Gasteiger partial charge < -0.3 is 14.8 Å². The summed E-state index contributed by atoms with van der Waals surface area (Å²) in [7, 11) is 0. The topological polar surface area (TPSA) is 64.6 Å². The van der Waals surface area contributed by atoms with Crippen LogP contribution in [0.15, 0.2) is 48.5 Å². The molecule has 3 rings (SSSR count). The zero-order valence-corrected chi connectivity index (χ0v) is 11.9. The Kier molecular flexibility index (Phi) is 4.05. The first kappa shape index (κ1) is 14.1. The second kappa shape index (κ2) is 6.30. The van der Waals surface area contributed by atoms with Crippen LogP contribution in [0.2, 0.25) is 0 Å². The first-order chi connectivity index (χ1) is 10.7. The molecule has 1 heterocycles. The Bertz CT molecular complexity index is 697. The van der Waals surface area contributed by atoms with Crippen molar-refractivity contribution in [2.75, 3.05) is 11.9 Å². The van der Waals surface area contributed by atoms with Crippen LogP contribution in [0.3, 0.4) is 0 Å². The van der Waals surface area contributed by atoms with Crippen molar-refractivity contribution in [1.82, 2.24) is 0 Å². The minimum Gasteiger partial charge on any atom is -0.482 e. The maximum Gasteiger partial charge on any atom is 0.310 e. The van der Waals surface area contributed by atoms with Gasteiger partial charge in [-0.25, -0.2) is 0 Å². The van der Waals surface area contributed by atoms with Gasteiger partial charge >= 0.3 is 5.97 Å². The van der Waals surface area contributed by atoms with Crippen LogP contribution in [-0.4, -0.2) is 18.5 Å². The zero-order chi connectivity index (χ0) is 15.4. The molecule has 0 unspecified atom stereocenters. The number of benzene rings is 2. The number of ether oxygens (including phenoxy) is 2. The van der Waals surface area contributed by atoms with Crippen LogP contribution >= 0.6 is 0 Å². The van der Waals surface area contributed by atoms with Crippen LogP contribution < -0.4 is 10.1 Å². The zero-order valence-electron chi connectivity index (χ0n) is 11.9. The van der Waals surface area contributed by atoms with E-state index < -0.39 is 0 Å². The molecule has 0 fully saturated rings. The van der Waals surface area contributed by atoms with Crippen LogP contribution in [0.1, 0.15) is 11.1 Å². The standard InChI is InChI=1S/C17H15NO4/c19-16-11-21-15-7-6-13(8-14(15)18-16)9-17(20)22-10-12-4-2-1-3-5-12/h1-8H,9-11H2,(H,18,19). The van der Waals surface area contributed by atoms with E-state index in [0.29, 0.717) is 11.4 Å². The average Bonchev–Trinajstić information content (AvgIpc) is 2.53. The van der Waals surface area contributed by atoms with E-state index >= 15 is 0 Å².